The molecule has 57 heavy (non-hydrogen) atoms. The van der Waals surface area contributed by atoms with Gasteiger partial charge in [-0.1, -0.05) is 95.4 Å². The van der Waals surface area contributed by atoms with Gasteiger partial charge in [0, 0.05) is 39.0 Å². The van der Waals surface area contributed by atoms with E-state index in [1.807, 2.05) is 7.05 Å². The van der Waals surface area contributed by atoms with Crippen molar-refractivity contribution in [2.45, 2.75) is 156 Å². The van der Waals surface area contributed by atoms with E-state index in [0.29, 0.717) is 61.4 Å². The van der Waals surface area contributed by atoms with E-state index < -0.39 is 0 Å². The third kappa shape index (κ3) is 13.5. The monoisotopic (exact) mass is 790 g/mol. The molecule has 4 aliphatic carbocycles. The maximum atomic E-state index is 12.9. The fraction of sp³-hybridized carbons (Fsp3) is 0.760. The van der Waals surface area contributed by atoms with E-state index in [-0.39, 0.29) is 40.8 Å². The smallest absolute Gasteiger partial charge is 0.220 e. The Bertz CT molecular complexity index is 1370. The zero-order valence-electron chi connectivity index (χ0n) is 37.0. The molecule has 0 aromatic carbocycles. The summed E-state index contributed by atoms with van der Waals surface area (Å²) < 4.78 is 0. The van der Waals surface area contributed by atoms with Crippen LogP contribution in [0.3, 0.4) is 0 Å². The lowest BCUT2D eigenvalue weighted by Crippen LogP contribution is -2.61. The van der Waals surface area contributed by atoms with Gasteiger partial charge in [-0.2, -0.15) is 0 Å². The molecule has 4 N–H and O–H groups in total. The van der Waals surface area contributed by atoms with E-state index in [4.69, 9.17) is 0 Å². The third-order valence-electron chi connectivity index (χ3n) is 15.3. The van der Waals surface area contributed by atoms with Gasteiger partial charge >= 0.3 is 0 Å². The van der Waals surface area contributed by atoms with Crippen molar-refractivity contribution in [1.29, 1.82) is 0 Å². The van der Waals surface area contributed by atoms with Gasteiger partial charge in [0.05, 0.1) is 12.2 Å². The quantitative estimate of drug-likeness (QED) is 0.0610. The van der Waals surface area contributed by atoms with Crippen molar-refractivity contribution >= 4 is 11.8 Å². The average Bonchev–Trinajstić information content (AvgIpc) is 3.54. The van der Waals surface area contributed by atoms with Gasteiger partial charge in [-0.05, 0) is 156 Å². The number of nitrogens with zero attached hydrogens (tertiary/aromatic N) is 1. The first kappa shape index (κ1) is 47.2. The largest absolute Gasteiger partial charge is 0.393 e. The second kappa shape index (κ2) is 23.9. The number of likely N-dealkylation sites (N-methyl/N-ethyl adjacent to an activating group) is 1. The zero-order valence-corrected chi connectivity index (χ0v) is 37.0. The number of hydrogen-bond acceptors (Lipinski definition) is 5. The molecule has 0 bridgehead atoms. The summed E-state index contributed by atoms with van der Waals surface area (Å²) in [5.74, 6) is 3.43. The SMILES string of the molecule is CCC=CCC=CCC=CCC=CCC=CCCCC(=O)NCCN(C)CCNC(=O)CCC(C)C1CCC2C3C(O)C(C)C4CC(O)CCC4(C)C3CCC12C. The molecule has 0 heterocycles. The summed E-state index contributed by atoms with van der Waals surface area (Å²) in [4.78, 5) is 27.4. The number of fused-ring (bicyclic) bond motifs is 5. The number of hydrogen-bond donors (Lipinski definition) is 4. The summed E-state index contributed by atoms with van der Waals surface area (Å²) >= 11 is 0. The Balaban J connectivity index is 1.02. The predicted octanol–water partition coefficient (Wildman–Crippen LogP) is 9.73. The first-order valence-corrected chi connectivity index (χ1v) is 23.2. The van der Waals surface area contributed by atoms with Gasteiger partial charge in [-0.15, -0.1) is 0 Å². The standard InChI is InChI=1S/C50H83N3O4/c1-7-8-9-10-11-12-13-14-15-16-17-18-19-20-21-22-23-24-45(55)51-33-35-53(6)36-34-52-46(56)28-25-38(2)41-26-27-42-47-43(30-32-49(41,42)4)50(5)31-29-40(54)37-44(50)39(3)48(47)57/h8-9,11-12,14-15,17-18,20-21,38-44,47-48,54,57H,7,10,13,16,19,22-37H2,1-6H3,(H,51,55)(H,52,56). The van der Waals surface area contributed by atoms with Gasteiger partial charge in [0.2, 0.25) is 11.8 Å². The van der Waals surface area contributed by atoms with Gasteiger partial charge in [0.25, 0.3) is 0 Å². The van der Waals surface area contributed by atoms with Gasteiger partial charge in [0.15, 0.2) is 0 Å². The summed E-state index contributed by atoms with van der Waals surface area (Å²) in [5, 5.41) is 28.5. The maximum absolute atomic E-state index is 12.9. The predicted molar refractivity (Wildman–Crippen MR) is 237 cm³/mol. The number of allylic oxidation sites excluding steroid dienone is 10. The van der Waals surface area contributed by atoms with E-state index >= 15 is 0 Å². The molecular formula is C50H83N3O4. The highest BCUT2D eigenvalue weighted by Gasteiger charge is 2.64. The lowest BCUT2D eigenvalue weighted by Gasteiger charge is -2.64. The normalized spacial score (nSPS) is 33.4. The zero-order chi connectivity index (χ0) is 41.3. The first-order chi connectivity index (χ1) is 27.4. The minimum atomic E-state index is -0.275. The second-order valence-corrected chi connectivity index (χ2v) is 19.0. The van der Waals surface area contributed by atoms with Gasteiger partial charge in [-0.25, -0.2) is 0 Å². The Morgan fingerprint density at radius 2 is 1.28 bits per heavy atom. The van der Waals surface area contributed by atoms with Crippen molar-refractivity contribution in [3.05, 3.63) is 60.8 Å². The van der Waals surface area contributed by atoms with Crippen LogP contribution in [0.1, 0.15) is 144 Å². The van der Waals surface area contributed by atoms with Crippen LogP contribution in [0.2, 0.25) is 0 Å². The van der Waals surface area contributed by atoms with Crippen molar-refractivity contribution < 1.29 is 19.8 Å². The van der Waals surface area contributed by atoms with Crippen LogP contribution in [0.15, 0.2) is 60.8 Å². The highest BCUT2D eigenvalue weighted by molar-refractivity contribution is 5.76. The van der Waals surface area contributed by atoms with Crippen LogP contribution in [0.4, 0.5) is 0 Å². The lowest BCUT2D eigenvalue weighted by molar-refractivity contribution is -0.199. The summed E-state index contributed by atoms with van der Waals surface area (Å²) in [6.45, 7) is 14.5. The lowest BCUT2D eigenvalue weighted by atomic mass is 9.42. The summed E-state index contributed by atoms with van der Waals surface area (Å²) in [6.07, 6.45) is 38.0. The molecule has 11 atom stereocenters. The molecule has 7 heteroatoms. The summed E-state index contributed by atoms with van der Waals surface area (Å²) in [7, 11) is 2.04. The Kier molecular flexibility index (Phi) is 19.8. The van der Waals surface area contributed by atoms with E-state index in [2.05, 4.69) is 111 Å². The molecule has 0 saturated heterocycles. The van der Waals surface area contributed by atoms with Gasteiger partial charge in [0.1, 0.15) is 0 Å². The van der Waals surface area contributed by atoms with E-state index in [9.17, 15) is 19.8 Å². The second-order valence-electron chi connectivity index (χ2n) is 19.0. The van der Waals surface area contributed by atoms with E-state index in [1.54, 1.807) is 0 Å². The molecule has 4 aliphatic rings. The number of amides is 2. The minimum absolute atomic E-state index is 0.103. The fourth-order valence-corrected chi connectivity index (χ4v) is 12.0. The van der Waals surface area contributed by atoms with Crippen LogP contribution in [0, 0.1) is 52.3 Å². The molecule has 0 spiro atoms. The molecule has 0 aromatic rings. The molecule has 0 aromatic heterocycles. The van der Waals surface area contributed by atoms with Gasteiger partial charge in [-0.3, -0.25) is 9.59 Å². The summed E-state index contributed by atoms with van der Waals surface area (Å²) in [6, 6.07) is 0. The first-order valence-electron chi connectivity index (χ1n) is 23.2. The Morgan fingerprint density at radius 1 is 0.737 bits per heavy atom. The van der Waals surface area contributed by atoms with Crippen molar-refractivity contribution in [3.63, 3.8) is 0 Å². The van der Waals surface area contributed by atoms with Crippen LogP contribution in [-0.2, 0) is 9.59 Å². The van der Waals surface area contributed by atoms with Crippen LogP contribution in [-0.4, -0.2) is 72.4 Å². The van der Waals surface area contributed by atoms with Crippen molar-refractivity contribution in [2.75, 3.05) is 33.2 Å². The molecule has 11 unspecified atom stereocenters. The number of rotatable bonds is 23. The number of unbranched alkanes of at least 4 members (excludes halogenated alkanes) is 1. The molecule has 2 amide bonds. The van der Waals surface area contributed by atoms with Crippen LogP contribution < -0.4 is 10.6 Å². The average molecular weight is 790 g/mol. The molecule has 4 saturated carbocycles. The van der Waals surface area contributed by atoms with Crippen molar-refractivity contribution in [1.82, 2.24) is 15.5 Å². The number of carbonyl (C=O) groups excluding carboxylic acids is 2. The molecule has 4 fully saturated rings. The molecule has 322 valence electrons. The fourth-order valence-electron chi connectivity index (χ4n) is 12.0. The molecular weight excluding hydrogens is 707 g/mol. The maximum Gasteiger partial charge on any atom is 0.220 e. The summed E-state index contributed by atoms with van der Waals surface area (Å²) in [5.41, 5.74) is 0.454. The van der Waals surface area contributed by atoms with Crippen LogP contribution in [0.25, 0.3) is 0 Å². The van der Waals surface area contributed by atoms with Crippen molar-refractivity contribution in [3.8, 4) is 0 Å². The topological polar surface area (TPSA) is 102 Å². The Labute approximate surface area is 348 Å². The number of aliphatic hydroxyl groups is 2. The Morgan fingerprint density at radius 3 is 1.89 bits per heavy atom. The molecule has 0 aliphatic heterocycles. The van der Waals surface area contributed by atoms with E-state index in [0.717, 1.165) is 83.7 Å². The molecule has 7 nitrogen and oxygen atoms in total. The van der Waals surface area contributed by atoms with Crippen LogP contribution >= 0.6 is 0 Å². The molecule has 0 radical (unpaired) electrons. The third-order valence-corrected chi connectivity index (χ3v) is 15.3. The Hall–Kier alpha value is -2.48. The van der Waals surface area contributed by atoms with Crippen LogP contribution in [0.5, 0.6) is 0 Å². The van der Waals surface area contributed by atoms with Crippen molar-refractivity contribution in [2.24, 2.45) is 52.3 Å². The number of carbonyl (C=O) groups is 2. The minimum Gasteiger partial charge on any atom is -0.393 e. The number of aliphatic hydroxyl groups excluding tert-OH is 2. The highest BCUT2D eigenvalue weighted by Crippen LogP contribution is 2.69. The van der Waals surface area contributed by atoms with E-state index in [1.165, 1.54) is 25.7 Å². The number of nitrogens with one attached hydrogen (secondary N) is 2. The molecule has 4 rings (SSSR count). The highest BCUT2D eigenvalue weighted by atomic mass is 16.3. The van der Waals surface area contributed by atoms with Gasteiger partial charge < -0.3 is 25.7 Å².